The molecule has 5 unspecified atom stereocenters. The highest BCUT2D eigenvalue weighted by Crippen LogP contribution is 2.68. The lowest BCUT2D eigenvalue weighted by molar-refractivity contribution is -0.207. The molecule has 0 radical (unpaired) electrons. The standard InChI is InChI=1S/C26H45NO7S/c1-15(4-7-23(31)27-10-11-35(32,33)34)18-5-6-19-24-20(14-22(30)26(18,19)3)25(2)9-8-17(28)12-16(25)13-21(24)29/h15-22,24,28-30H,4-14H2,1-3H3,(H,27,31)(H,32,33,34)/t15?,16-,17+,18?,19?,20?,21+,22-,24?,25-,26+/m0/s1. The maximum Gasteiger partial charge on any atom is 0.266 e. The fourth-order valence-corrected chi connectivity index (χ4v) is 9.46. The summed E-state index contributed by atoms with van der Waals surface area (Å²) in [5.41, 5.74) is -0.254. The summed E-state index contributed by atoms with van der Waals surface area (Å²) in [6, 6.07) is 0. The van der Waals surface area contributed by atoms with Crippen molar-refractivity contribution in [3.05, 3.63) is 0 Å². The van der Waals surface area contributed by atoms with E-state index in [1.54, 1.807) is 0 Å². The zero-order valence-electron chi connectivity index (χ0n) is 21.4. The summed E-state index contributed by atoms with van der Waals surface area (Å²) >= 11 is 0. The molecule has 5 N–H and O–H groups in total. The topological polar surface area (TPSA) is 144 Å². The maximum absolute atomic E-state index is 12.2. The van der Waals surface area contributed by atoms with E-state index in [-0.39, 0.29) is 65.4 Å². The molecule has 1 amide bonds. The van der Waals surface area contributed by atoms with Crippen molar-refractivity contribution in [1.29, 1.82) is 0 Å². The summed E-state index contributed by atoms with van der Waals surface area (Å²) in [6.07, 6.45) is 5.67. The number of nitrogens with one attached hydrogen (secondary N) is 1. The van der Waals surface area contributed by atoms with Gasteiger partial charge in [-0.1, -0.05) is 20.8 Å². The number of aliphatic hydroxyl groups excluding tert-OH is 3. The number of hydrogen-bond donors (Lipinski definition) is 5. The fourth-order valence-electron chi connectivity index (χ4n) is 9.10. The molecule has 202 valence electrons. The van der Waals surface area contributed by atoms with Crippen LogP contribution in [0.4, 0.5) is 0 Å². The maximum atomic E-state index is 12.2. The molecule has 0 aromatic heterocycles. The van der Waals surface area contributed by atoms with Crippen LogP contribution in [0.25, 0.3) is 0 Å². The molecule has 4 fully saturated rings. The molecule has 0 aromatic carbocycles. The first-order chi connectivity index (χ1) is 16.3. The van der Waals surface area contributed by atoms with Gasteiger partial charge in [-0.3, -0.25) is 9.35 Å². The molecule has 4 rings (SSSR count). The van der Waals surface area contributed by atoms with E-state index in [1.807, 2.05) is 0 Å². The first-order valence-corrected chi connectivity index (χ1v) is 15.1. The summed E-state index contributed by atoms with van der Waals surface area (Å²) in [6.45, 7) is 6.56. The predicted octanol–water partition coefficient (Wildman–Crippen LogP) is 2.37. The highest BCUT2D eigenvalue weighted by Gasteiger charge is 2.65. The van der Waals surface area contributed by atoms with Gasteiger partial charge in [-0.05, 0) is 97.7 Å². The van der Waals surface area contributed by atoms with Gasteiger partial charge in [-0.25, -0.2) is 0 Å². The van der Waals surface area contributed by atoms with Gasteiger partial charge in [-0.15, -0.1) is 0 Å². The van der Waals surface area contributed by atoms with Gasteiger partial charge < -0.3 is 20.6 Å². The third kappa shape index (κ3) is 5.05. The van der Waals surface area contributed by atoms with Crippen molar-refractivity contribution in [1.82, 2.24) is 5.32 Å². The minimum absolute atomic E-state index is 0.0509. The third-order valence-corrected chi connectivity index (χ3v) is 11.7. The molecule has 4 aliphatic carbocycles. The lowest BCUT2D eigenvalue weighted by Gasteiger charge is -2.63. The van der Waals surface area contributed by atoms with Crippen molar-refractivity contribution in [2.45, 2.75) is 96.9 Å². The van der Waals surface area contributed by atoms with E-state index in [0.29, 0.717) is 18.8 Å². The van der Waals surface area contributed by atoms with Crippen LogP contribution in [0.2, 0.25) is 0 Å². The minimum Gasteiger partial charge on any atom is -0.393 e. The number of fused-ring (bicyclic) bond motifs is 5. The van der Waals surface area contributed by atoms with Gasteiger partial charge in [0.25, 0.3) is 10.1 Å². The van der Waals surface area contributed by atoms with Gasteiger partial charge in [0.1, 0.15) is 0 Å². The number of carbonyl (C=O) groups is 1. The summed E-state index contributed by atoms with van der Waals surface area (Å²) < 4.78 is 30.5. The Hall–Kier alpha value is -0.740. The second-order valence-corrected chi connectivity index (χ2v) is 14.2. The van der Waals surface area contributed by atoms with Crippen LogP contribution in [0.3, 0.4) is 0 Å². The van der Waals surface area contributed by atoms with Gasteiger partial charge in [0, 0.05) is 13.0 Å². The van der Waals surface area contributed by atoms with E-state index in [0.717, 1.165) is 38.5 Å². The first-order valence-electron chi connectivity index (χ1n) is 13.5. The molecular weight excluding hydrogens is 470 g/mol. The molecule has 4 aliphatic rings. The second kappa shape index (κ2) is 9.86. The fraction of sp³-hybridized carbons (Fsp3) is 0.962. The molecule has 11 atom stereocenters. The zero-order valence-corrected chi connectivity index (χ0v) is 22.2. The monoisotopic (exact) mass is 515 g/mol. The number of aliphatic hydroxyl groups is 3. The Labute approximate surface area is 210 Å². The number of hydrogen-bond acceptors (Lipinski definition) is 6. The molecular formula is C26H45NO7S. The van der Waals surface area contributed by atoms with Gasteiger partial charge in [-0.2, -0.15) is 8.42 Å². The molecule has 0 bridgehead atoms. The molecule has 0 saturated heterocycles. The van der Waals surface area contributed by atoms with Crippen LogP contribution < -0.4 is 5.32 Å². The number of carbonyl (C=O) groups excluding carboxylic acids is 1. The molecule has 4 saturated carbocycles. The average molecular weight is 516 g/mol. The predicted molar refractivity (Wildman–Crippen MR) is 132 cm³/mol. The van der Waals surface area contributed by atoms with Crippen LogP contribution in [-0.2, 0) is 14.9 Å². The van der Waals surface area contributed by atoms with E-state index in [2.05, 4.69) is 26.1 Å². The molecule has 35 heavy (non-hydrogen) atoms. The van der Waals surface area contributed by atoms with E-state index >= 15 is 0 Å². The van der Waals surface area contributed by atoms with Crippen LogP contribution >= 0.6 is 0 Å². The Balaban J connectivity index is 1.43. The van der Waals surface area contributed by atoms with Crippen molar-refractivity contribution in [2.75, 3.05) is 12.3 Å². The number of amides is 1. The first kappa shape index (κ1) is 27.3. The second-order valence-electron chi connectivity index (χ2n) is 12.7. The van der Waals surface area contributed by atoms with Crippen LogP contribution in [0.1, 0.15) is 78.6 Å². The summed E-state index contributed by atoms with van der Waals surface area (Å²) in [5, 5.41) is 35.8. The van der Waals surface area contributed by atoms with Crippen LogP contribution in [0.15, 0.2) is 0 Å². The van der Waals surface area contributed by atoms with Crippen molar-refractivity contribution in [3.63, 3.8) is 0 Å². The SMILES string of the molecule is CC(CCC(=O)NCCS(=O)(=O)O)C1CCC2C3C(C[C@H](O)[C@]12C)[C@@]1(C)CC[C@@H](O)C[C@H]1C[C@H]3O. The van der Waals surface area contributed by atoms with Crippen molar-refractivity contribution >= 4 is 16.0 Å². The van der Waals surface area contributed by atoms with Crippen molar-refractivity contribution in [3.8, 4) is 0 Å². The normalized spacial score (nSPS) is 46.3. The number of rotatable bonds is 7. The Kier molecular flexibility index (Phi) is 7.69. The van der Waals surface area contributed by atoms with Gasteiger partial charge in [0.2, 0.25) is 5.91 Å². The molecule has 0 aliphatic heterocycles. The summed E-state index contributed by atoms with van der Waals surface area (Å²) in [5.74, 6) is 0.705. The lowest BCUT2D eigenvalue weighted by Crippen LogP contribution is -2.62. The van der Waals surface area contributed by atoms with Gasteiger partial charge in [0.15, 0.2) is 0 Å². The zero-order chi connectivity index (χ0) is 25.8. The Morgan fingerprint density at radius 2 is 1.77 bits per heavy atom. The Morgan fingerprint density at radius 3 is 2.46 bits per heavy atom. The largest absolute Gasteiger partial charge is 0.393 e. The van der Waals surface area contributed by atoms with Crippen LogP contribution in [0, 0.1) is 46.3 Å². The molecule has 0 heterocycles. The van der Waals surface area contributed by atoms with Crippen molar-refractivity contribution in [2.24, 2.45) is 46.3 Å². The Bertz CT molecular complexity index is 896. The van der Waals surface area contributed by atoms with E-state index < -0.39 is 28.1 Å². The smallest absolute Gasteiger partial charge is 0.266 e. The summed E-state index contributed by atoms with van der Waals surface area (Å²) in [4.78, 5) is 12.2. The molecule has 9 heteroatoms. The molecule has 0 spiro atoms. The highest BCUT2D eigenvalue weighted by molar-refractivity contribution is 7.85. The molecule has 8 nitrogen and oxygen atoms in total. The Morgan fingerprint density at radius 1 is 1.06 bits per heavy atom. The van der Waals surface area contributed by atoms with Gasteiger partial charge >= 0.3 is 0 Å². The minimum atomic E-state index is -4.10. The lowest BCUT2D eigenvalue weighted by atomic mass is 9.43. The van der Waals surface area contributed by atoms with E-state index in [4.69, 9.17) is 4.55 Å². The average Bonchev–Trinajstić information content (AvgIpc) is 3.12. The van der Waals surface area contributed by atoms with Crippen molar-refractivity contribution < 1.29 is 33.1 Å². The quantitative estimate of drug-likeness (QED) is 0.327. The van der Waals surface area contributed by atoms with E-state index in [1.165, 1.54) is 0 Å². The third-order valence-electron chi connectivity index (χ3n) is 11.0. The van der Waals surface area contributed by atoms with Crippen LogP contribution in [0.5, 0.6) is 0 Å². The highest BCUT2D eigenvalue weighted by atomic mass is 32.2. The molecule has 0 aromatic rings. The van der Waals surface area contributed by atoms with Crippen LogP contribution in [-0.4, -0.2) is 64.8 Å². The summed E-state index contributed by atoms with van der Waals surface area (Å²) in [7, 11) is -4.10. The van der Waals surface area contributed by atoms with Gasteiger partial charge in [0.05, 0.1) is 24.1 Å². The van der Waals surface area contributed by atoms with E-state index in [9.17, 15) is 28.5 Å².